The van der Waals surface area contributed by atoms with Gasteiger partial charge in [0.2, 0.25) is 0 Å². The van der Waals surface area contributed by atoms with Crippen LogP contribution in [-0.4, -0.2) is 19.7 Å². The summed E-state index contributed by atoms with van der Waals surface area (Å²) >= 11 is 0. The van der Waals surface area contributed by atoms with Crippen molar-refractivity contribution in [2.24, 2.45) is 0 Å². The average molecular weight is 233 g/mol. The number of furan rings is 1. The lowest BCUT2D eigenvalue weighted by Crippen LogP contribution is -2.24. The van der Waals surface area contributed by atoms with Crippen molar-refractivity contribution in [2.75, 3.05) is 13.7 Å². The molecule has 1 aromatic heterocycles. The van der Waals surface area contributed by atoms with Crippen LogP contribution in [0.5, 0.6) is 5.75 Å². The highest BCUT2D eigenvalue weighted by molar-refractivity contribution is 5.82. The molecular formula is C14H19NO2. The van der Waals surface area contributed by atoms with Gasteiger partial charge in [-0.1, -0.05) is 13.8 Å². The average Bonchev–Trinajstić information content (AvgIpc) is 2.71. The molecule has 1 N–H and O–H groups in total. The zero-order chi connectivity index (χ0) is 12.3. The first kappa shape index (κ1) is 12.0. The molecule has 0 amide bonds. The van der Waals surface area contributed by atoms with Gasteiger partial charge in [0.1, 0.15) is 11.3 Å². The Morgan fingerprint density at radius 3 is 2.88 bits per heavy atom. The first-order valence-corrected chi connectivity index (χ1v) is 5.98. The van der Waals surface area contributed by atoms with Gasteiger partial charge in [-0.2, -0.15) is 0 Å². The van der Waals surface area contributed by atoms with Crippen molar-refractivity contribution >= 4 is 11.0 Å². The van der Waals surface area contributed by atoms with Crippen molar-refractivity contribution in [3.63, 3.8) is 0 Å². The van der Waals surface area contributed by atoms with E-state index >= 15 is 0 Å². The van der Waals surface area contributed by atoms with Gasteiger partial charge in [0.15, 0.2) is 0 Å². The first-order chi connectivity index (χ1) is 8.20. The van der Waals surface area contributed by atoms with E-state index in [9.17, 15) is 0 Å². The number of hydrogen-bond donors (Lipinski definition) is 1. The second-order valence-electron chi connectivity index (χ2n) is 4.48. The number of ether oxygens (including phenoxy) is 1. The summed E-state index contributed by atoms with van der Waals surface area (Å²) in [7, 11) is 1.66. The van der Waals surface area contributed by atoms with Crippen LogP contribution in [0.25, 0.3) is 11.0 Å². The van der Waals surface area contributed by atoms with Gasteiger partial charge in [0.05, 0.1) is 13.4 Å². The molecule has 0 aliphatic heterocycles. The van der Waals surface area contributed by atoms with Crippen LogP contribution < -0.4 is 10.1 Å². The van der Waals surface area contributed by atoms with Gasteiger partial charge in [-0.25, -0.2) is 0 Å². The molecule has 0 bridgehead atoms. The van der Waals surface area contributed by atoms with Gasteiger partial charge >= 0.3 is 0 Å². The fourth-order valence-electron chi connectivity index (χ4n) is 1.88. The molecule has 0 atom stereocenters. The van der Waals surface area contributed by atoms with Crippen LogP contribution >= 0.6 is 0 Å². The summed E-state index contributed by atoms with van der Waals surface area (Å²) in [5.41, 5.74) is 2.14. The minimum atomic E-state index is 0.522. The normalized spacial score (nSPS) is 11.3. The summed E-state index contributed by atoms with van der Waals surface area (Å²) < 4.78 is 10.7. The number of hydrogen-bond acceptors (Lipinski definition) is 3. The summed E-state index contributed by atoms with van der Waals surface area (Å²) in [6, 6.07) is 6.47. The molecular weight excluding hydrogens is 214 g/mol. The molecule has 92 valence electrons. The lowest BCUT2D eigenvalue weighted by Gasteiger charge is -2.06. The molecule has 2 aromatic rings. The second-order valence-corrected chi connectivity index (χ2v) is 4.48. The Balaban J connectivity index is 2.13. The maximum absolute atomic E-state index is 5.54. The predicted molar refractivity (Wildman–Crippen MR) is 69.6 cm³/mol. The zero-order valence-corrected chi connectivity index (χ0v) is 10.6. The molecule has 0 saturated carbocycles. The van der Waals surface area contributed by atoms with E-state index in [-0.39, 0.29) is 0 Å². The molecule has 0 radical (unpaired) electrons. The van der Waals surface area contributed by atoms with Gasteiger partial charge in [-0.15, -0.1) is 0 Å². The summed E-state index contributed by atoms with van der Waals surface area (Å²) in [4.78, 5) is 0. The van der Waals surface area contributed by atoms with Crippen molar-refractivity contribution in [3.05, 3.63) is 30.0 Å². The van der Waals surface area contributed by atoms with Crippen LogP contribution in [0.4, 0.5) is 0 Å². The Bertz CT molecular complexity index is 488. The Kier molecular flexibility index (Phi) is 3.69. The Morgan fingerprint density at radius 2 is 2.18 bits per heavy atom. The zero-order valence-electron chi connectivity index (χ0n) is 10.6. The number of rotatable bonds is 5. The van der Waals surface area contributed by atoms with E-state index in [0.29, 0.717) is 6.04 Å². The van der Waals surface area contributed by atoms with Crippen LogP contribution in [0, 0.1) is 0 Å². The minimum Gasteiger partial charge on any atom is -0.497 e. The molecule has 2 rings (SSSR count). The fourth-order valence-corrected chi connectivity index (χ4v) is 1.88. The van der Waals surface area contributed by atoms with Crippen LogP contribution in [0.3, 0.4) is 0 Å². The van der Waals surface area contributed by atoms with E-state index in [4.69, 9.17) is 9.15 Å². The number of nitrogens with one attached hydrogen (secondary N) is 1. The third-order valence-corrected chi connectivity index (χ3v) is 2.81. The van der Waals surface area contributed by atoms with E-state index < -0.39 is 0 Å². The molecule has 0 aliphatic rings. The van der Waals surface area contributed by atoms with Crippen LogP contribution in [0.15, 0.2) is 28.9 Å². The molecule has 1 aromatic carbocycles. The highest BCUT2D eigenvalue weighted by atomic mass is 16.5. The standard InChI is InChI=1S/C14H19NO2/c1-10(2)15-7-6-11-9-17-14-8-12(16-3)4-5-13(11)14/h4-5,8-10,15H,6-7H2,1-3H3. The maximum atomic E-state index is 5.54. The fraction of sp³-hybridized carbons (Fsp3) is 0.429. The highest BCUT2D eigenvalue weighted by Gasteiger charge is 2.06. The van der Waals surface area contributed by atoms with Crippen LogP contribution in [-0.2, 0) is 6.42 Å². The Morgan fingerprint density at radius 1 is 1.35 bits per heavy atom. The van der Waals surface area contributed by atoms with Crippen molar-refractivity contribution in [3.8, 4) is 5.75 Å². The van der Waals surface area contributed by atoms with Crippen molar-refractivity contribution in [2.45, 2.75) is 26.3 Å². The van der Waals surface area contributed by atoms with Crippen LogP contribution in [0.1, 0.15) is 19.4 Å². The molecule has 3 nitrogen and oxygen atoms in total. The van der Waals surface area contributed by atoms with Crippen molar-refractivity contribution < 1.29 is 9.15 Å². The monoisotopic (exact) mass is 233 g/mol. The molecule has 0 aliphatic carbocycles. The predicted octanol–water partition coefficient (Wildman–Crippen LogP) is 2.98. The topological polar surface area (TPSA) is 34.4 Å². The van der Waals surface area contributed by atoms with Gasteiger partial charge < -0.3 is 14.5 Å². The summed E-state index contributed by atoms with van der Waals surface area (Å²) in [5, 5.41) is 4.58. The van der Waals surface area contributed by atoms with E-state index in [1.165, 1.54) is 10.9 Å². The first-order valence-electron chi connectivity index (χ1n) is 5.98. The van der Waals surface area contributed by atoms with E-state index in [0.717, 1.165) is 24.3 Å². The summed E-state index contributed by atoms with van der Waals surface area (Å²) in [5.74, 6) is 0.832. The van der Waals surface area contributed by atoms with Crippen LogP contribution in [0.2, 0.25) is 0 Å². The third kappa shape index (κ3) is 2.80. The number of benzene rings is 1. The Hall–Kier alpha value is -1.48. The quantitative estimate of drug-likeness (QED) is 0.862. The molecule has 0 unspecified atom stereocenters. The molecule has 1 heterocycles. The van der Waals surface area contributed by atoms with E-state index in [2.05, 4.69) is 25.2 Å². The van der Waals surface area contributed by atoms with Gasteiger partial charge in [-0.3, -0.25) is 0 Å². The summed E-state index contributed by atoms with van der Waals surface area (Å²) in [6.07, 6.45) is 2.82. The SMILES string of the molecule is COc1ccc2c(CCNC(C)C)coc2c1. The lowest BCUT2D eigenvalue weighted by molar-refractivity contribution is 0.414. The van der Waals surface area contributed by atoms with Crippen molar-refractivity contribution in [1.82, 2.24) is 5.32 Å². The van der Waals surface area contributed by atoms with Gasteiger partial charge in [0, 0.05) is 17.5 Å². The lowest BCUT2D eigenvalue weighted by atomic mass is 10.1. The third-order valence-electron chi connectivity index (χ3n) is 2.81. The van der Waals surface area contributed by atoms with Gasteiger partial charge in [-0.05, 0) is 30.7 Å². The van der Waals surface area contributed by atoms with E-state index in [1.54, 1.807) is 7.11 Å². The van der Waals surface area contributed by atoms with Gasteiger partial charge in [0.25, 0.3) is 0 Å². The largest absolute Gasteiger partial charge is 0.497 e. The highest BCUT2D eigenvalue weighted by Crippen LogP contribution is 2.25. The molecule has 0 spiro atoms. The smallest absolute Gasteiger partial charge is 0.137 e. The summed E-state index contributed by atoms with van der Waals surface area (Å²) in [6.45, 7) is 5.27. The molecule has 0 saturated heterocycles. The molecule has 17 heavy (non-hydrogen) atoms. The second kappa shape index (κ2) is 5.23. The number of methoxy groups -OCH3 is 1. The van der Waals surface area contributed by atoms with Crippen molar-refractivity contribution in [1.29, 1.82) is 0 Å². The molecule has 0 fully saturated rings. The minimum absolute atomic E-state index is 0.522. The molecule has 3 heteroatoms. The maximum Gasteiger partial charge on any atom is 0.137 e. The van der Waals surface area contributed by atoms with E-state index in [1.807, 2.05) is 18.4 Å². The number of fused-ring (bicyclic) bond motifs is 1. The Labute approximate surface area is 102 Å².